The molecule has 0 bridgehead atoms. The van der Waals surface area contributed by atoms with Gasteiger partial charge in [-0.1, -0.05) is 18.2 Å². The van der Waals surface area contributed by atoms with Crippen molar-refractivity contribution in [2.75, 3.05) is 7.11 Å². The Labute approximate surface area is 231 Å². The van der Waals surface area contributed by atoms with Gasteiger partial charge in [-0.3, -0.25) is 13.9 Å². The van der Waals surface area contributed by atoms with Crippen molar-refractivity contribution in [1.29, 1.82) is 5.26 Å². The second-order valence-corrected chi connectivity index (χ2v) is 9.15. The number of benzene rings is 3. The van der Waals surface area contributed by atoms with Gasteiger partial charge in [-0.25, -0.2) is 9.48 Å². The molecule has 2 aromatic heterocycles. The first-order valence-electron chi connectivity index (χ1n) is 12.3. The van der Waals surface area contributed by atoms with E-state index in [0.717, 1.165) is 21.3 Å². The maximum absolute atomic E-state index is 14.0. The number of alkyl halides is 3. The minimum Gasteiger partial charge on any atom is -0.497 e. The molecule has 0 fully saturated rings. The molecule has 0 N–H and O–H groups in total. The third-order valence-electron chi connectivity index (χ3n) is 6.65. The maximum Gasteiger partial charge on any atom is 0.416 e. The third-order valence-corrected chi connectivity index (χ3v) is 6.65. The van der Waals surface area contributed by atoms with Crippen LogP contribution in [0.5, 0.6) is 5.75 Å². The lowest BCUT2D eigenvalue weighted by atomic mass is 10.1. The fourth-order valence-electron chi connectivity index (χ4n) is 4.60. The highest BCUT2D eigenvalue weighted by molar-refractivity contribution is 5.64. The molecule has 41 heavy (non-hydrogen) atoms. The van der Waals surface area contributed by atoms with Gasteiger partial charge >= 0.3 is 11.9 Å². The zero-order valence-electron chi connectivity index (χ0n) is 21.9. The van der Waals surface area contributed by atoms with Crippen molar-refractivity contribution >= 4 is 0 Å². The summed E-state index contributed by atoms with van der Waals surface area (Å²) in [6.07, 6.45) is -3.16. The molecule has 0 spiro atoms. The summed E-state index contributed by atoms with van der Waals surface area (Å²) in [5, 5.41) is 13.5. The Morgan fingerprint density at radius 1 is 0.951 bits per heavy atom. The van der Waals surface area contributed by atoms with Crippen molar-refractivity contribution in [3.8, 4) is 34.5 Å². The fraction of sp³-hybridized carbons (Fsp3) is 0.133. The predicted molar refractivity (Wildman–Crippen MR) is 145 cm³/mol. The molecule has 0 amide bonds. The van der Waals surface area contributed by atoms with Crippen LogP contribution in [-0.4, -0.2) is 26.0 Å². The van der Waals surface area contributed by atoms with Crippen LogP contribution in [0.2, 0.25) is 0 Å². The zero-order chi connectivity index (χ0) is 29.3. The molecule has 0 aliphatic heterocycles. The molecule has 5 rings (SSSR count). The Kier molecular flexibility index (Phi) is 7.07. The van der Waals surface area contributed by atoms with Crippen molar-refractivity contribution < 1.29 is 17.9 Å². The molecule has 0 radical (unpaired) electrons. The van der Waals surface area contributed by atoms with Crippen molar-refractivity contribution in [3.63, 3.8) is 0 Å². The summed E-state index contributed by atoms with van der Waals surface area (Å²) in [6, 6.07) is 21.3. The van der Waals surface area contributed by atoms with Crippen molar-refractivity contribution in [2.24, 2.45) is 0 Å². The summed E-state index contributed by atoms with van der Waals surface area (Å²) < 4.78 is 49.5. The van der Waals surface area contributed by atoms with Crippen LogP contribution in [0.25, 0.3) is 22.6 Å². The first-order chi connectivity index (χ1) is 19.6. The Bertz CT molecular complexity index is 1900. The van der Waals surface area contributed by atoms with Gasteiger partial charge in [0.05, 0.1) is 59.7 Å². The summed E-state index contributed by atoms with van der Waals surface area (Å²) in [5.74, 6) is 0.582. The van der Waals surface area contributed by atoms with Gasteiger partial charge in [-0.05, 0) is 73.2 Å². The van der Waals surface area contributed by atoms with Crippen LogP contribution in [0.1, 0.15) is 22.4 Å². The van der Waals surface area contributed by atoms with E-state index >= 15 is 0 Å². The number of hydrogen-bond donors (Lipinski definition) is 0. The van der Waals surface area contributed by atoms with Gasteiger partial charge in [0.1, 0.15) is 5.75 Å². The topological polar surface area (TPSA) is 94.8 Å². The monoisotopic (exact) mass is 557 g/mol. The van der Waals surface area contributed by atoms with E-state index in [-0.39, 0.29) is 23.5 Å². The normalized spacial score (nSPS) is 11.3. The summed E-state index contributed by atoms with van der Waals surface area (Å²) in [7, 11) is 1.51. The predicted octanol–water partition coefficient (Wildman–Crippen LogP) is 5.11. The van der Waals surface area contributed by atoms with Gasteiger partial charge in [0, 0.05) is 5.69 Å². The molecule has 5 aromatic rings. The van der Waals surface area contributed by atoms with Gasteiger partial charge in [0.2, 0.25) is 0 Å². The van der Waals surface area contributed by atoms with E-state index in [0.29, 0.717) is 28.3 Å². The van der Waals surface area contributed by atoms with Crippen LogP contribution in [0.15, 0.2) is 94.6 Å². The number of nitrogens with zero attached hydrogens (tertiary/aromatic N) is 5. The van der Waals surface area contributed by atoms with E-state index in [1.807, 2.05) is 6.07 Å². The third kappa shape index (κ3) is 5.15. The molecule has 8 nitrogen and oxygen atoms in total. The van der Waals surface area contributed by atoms with Gasteiger partial charge in [0.25, 0.3) is 5.56 Å². The lowest BCUT2D eigenvalue weighted by Crippen LogP contribution is -2.42. The summed E-state index contributed by atoms with van der Waals surface area (Å²) in [6.45, 7) is 1.37. The molecule has 0 saturated carbocycles. The van der Waals surface area contributed by atoms with Crippen LogP contribution < -0.4 is 16.0 Å². The lowest BCUT2D eigenvalue weighted by molar-refractivity contribution is -0.137. The number of methoxy groups -OCH3 is 1. The van der Waals surface area contributed by atoms with E-state index in [1.54, 1.807) is 54.6 Å². The summed E-state index contributed by atoms with van der Waals surface area (Å²) >= 11 is 0. The molecule has 0 aliphatic rings. The van der Waals surface area contributed by atoms with Crippen LogP contribution in [0.3, 0.4) is 0 Å². The van der Waals surface area contributed by atoms with Gasteiger partial charge in [-0.2, -0.15) is 23.5 Å². The highest BCUT2D eigenvalue weighted by atomic mass is 19.4. The molecule has 11 heteroatoms. The smallest absolute Gasteiger partial charge is 0.416 e. The number of aromatic nitrogens is 4. The molecule has 0 unspecified atom stereocenters. The van der Waals surface area contributed by atoms with Crippen LogP contribution in [0.4, 0.5) is 13.2 Å². The summed E-state index contributed by atoms with van der Waals surface area (Å²) in [5.41, 5.74) is -0.289. The second-order valence-electron chi connectivity index (χ2n) is 9.15. The Balaban J connectivity index is 1.78. The quantitative estimate of drug-likeness (QED) is 0.289. The lowest BCUT2D eigenvalue weighted by Gasteiger charge is -2.19. The van der Waals surface area contributed by atoms with Crippen LogP contribution in [0, 0.1) is 18.3 Å². The average molecular weight is 558 g/mol. The minimum atomic E-state index is -4.64. The standard InChI is InChI=1S/C30H22F3N5O3/c1-19-27(26-14-15-35-38(26)23-10-6-20(17-34)7-11-23)28(39)36(18-21-8-12-25(41-2)13-9-21)29(40)37(19)24-5-3-4-22(16-24)30(31,32)33/h3-16H,18H2,1-2H3. The van der Waals surface area contributed by atoms with Gasteiger partial charge in [-0.15, -0.1) is 0 Å². The van der Waals surface area contributed by atoms with Crippen molar-refractivity contribution in [2.45, 2.75) is 19.6 Å². The van der Waals surface area contributed by atoms with E-state index in [4.69, 9.17) is 10.00 Å². The zero-order valence-corrected chi connectivity index (χ0v) is 21.9. The molecule has 2 heterocycles. The first-order valence-corrected chi connectivity index (χ1v) is 12.3. The molecule has 0 atom stereocenters. The number of rotatable bonds is 6. The Morgan fingerprint density at radius 3 is 2.29 bits per heavy atom. The fourth-order valence-corrected chi connectivity index (χ4v) is 4.60. The van der Waals surface area contributed by atoms with E-state index in [1.165, 1.54) is 37.0 Å². The van der Waals surface area contributed by atoms with Crippen molar-refractivity contribution in [3.05, 3.63) is 128 Å². The minimum absolute atomic E-state index is 0.0449. The highest BCUT2D eigenvalue weighted by Crippen LogP contribution is 2.31. The van der Waals surface area contributed by atoms with Crippen LogP contribution >= 0.6 is 0 Å². The van der Waals surface area contributed by atoms with E-state index < -0.39 is 23.0 Å². The second kappa shape index (κ2) is 10.7. The highest BCUT2D eigenvalue weighted by Gasteiger charge is 2.31. The van der Waals surface area contributed by atoms with Gasteiger partial charge < -0.3 is 4.74 Å². The molecule has 206 valence electrons. The van der Waals surface area contributed by atoms with Gasteiger partial charge in [0.15, 0.2) is 0 Å². The molecular formula is C30H22F3N5O3. The Morgan fingerprint density at radius 2 is 1.66 bits per heavy atom. The van der Waals surface area contributed by atoms with Crippen LogP contribution in [-0.2, 0) is 12.7 Å². The molecule has 0 saturated heterocycles. The maximum atomic E-state index is 14.0. The summed E-state index contributed by atoms with van der Waals surface area (Å²) in [4.78, 5) is 27.8. The van der Waals surface area contributed by atoms with Crippen molar-refractivity contribution in [1.82, 2.24) is 18.9 Å². The number of ether oxygens (including phenoxy) is 1. The number of nitriles is 1. The number of halogens is 3. The largest absolute Gasteiger partial charge is 0.497 e. The molecule has 3 aromatic carbocycles. The first kappa shape index (κ1) is 27.2. The van der Waals surface area contributed by atoms with E-state index in [9.17, 15) is 22.8 Å². The van der Waals surface area contributed by atoms with E-state index in [2.05, 4.69) is 5.10 Å². The average Bonchev–Trinajstić information content (AvgIpc) is 3.45. The number of hydrogen-bond acceptors (Lipinski definition) is 5. The SMILES string of the molecule is COc1ccc(Cn2c(=O)c(-c3ccnn3-c3ccc(C#N)cc3)c(C)n(-c3cccc(C(F)(F)F)c3)c2=O)cc1. The molecular weight excluding hydrogens is 535 g/mol. The Hall–Kier alpha value is -5.37. The molecule has 0 aliphatic carbocycles.